The van der Waals surface area contributed by atoms with E-state index in [1.54, 1.807) is 0 Å². The monoisotopic (exact) mass is 446 g/mol. The fourth-order valence-electron chi connectivity index (χ4n) is 3.74. The van der Waals surface area contributed by atoms with Crippen molar-refractivity contribution >= 4 is 62.6 Å². The van der Waals surface area contributed by atoms with Crippen molar-refractivity contribution in [1.82, 2.24) is 18.8 Å². The smallest absolute Gasteiger partial charge is 0.211 e. The molecule has 8 nitrogen and oxygen atoms in total. The van der Waals surface area contributed by atoms with E-state index in [1.807, 2.05) is 24.3 Å². The molecule has 0 saturated heterocycles. The third-order valence-corrected chi connectivity index (χ3v) is 6.15. The maximum absolute atomic E-state index is 12.1. The van der Waals surface area contributed by atoms with E-state index in [2.05, 4.69) is 14.5 Å². The Kier molecular flexibility index (Phi) is 6.78. The van der Waals surface area contributed by atoms with E-state index in [-0.39, 0.29) is 37.4 Å². The van der Waals surface area contributed by atoms with Crippen LogP contribution in [-0.4, -0.2) is 46.6 Å². The van der Waals surface area contributed by atoms with Crippen LogP contribution in [0.2, 0.25) is 0 Å². The predicted octanol–water partition coefficient (Wildman–Crippen LogP) is 2.07. The van der Waals surface area contributed by atoms with Crippen LogP contribution in [0.1, 0.15) is 24.7 Å². The van der Waals surface area contributed by atoms with Crippen molar-refractivity contribution in [3.8, 4) is 0 Å². The van der Waals surface area contributed by atoms with E-state index >= 15 is 0 Å². The van der Waals surface area contributed by atoms with Crippen LogP contribution in [0.4, 0.5) is 5.82 Å². The number of aromatic nitrogens is 3. The number of imidazole rings is 1. The molecule has 3 aromatic rings. The highest BCUT2D eigenvalue weighted by Gasteiger charge is 2.33. The molecule has 4 rings (SSSR count). The summed E-state index contributed by atoms with van der Waals surface area (Å²) in [5.41, 5.74) is 14.2. The fraction of sp³-hybridized carbons (Fsp3) is 0.412. The molecule has 3 heterocycles. The second kappa shape index (κ2) is 8.38. The Morgan fingerprint density at radius 1 is 1.21 bits per heavy atom. The van der Waals surface area contributed by atoms with E-state index < -0.39 is 10.0 Å². The zero-order valence-electron chi connectivity index (χ0n) is 15.4. The molecule has 154 valence electrons. The number of halogens is 2. The van der Waals surface area contributed by atoms with Crippen molar-refractivity contribution in [2.45, 2.75) is 25.4 Å². The van der Waals surface area contributed by atoms with Gasteiger partial charge in [0.2, 0.25) is 10.0 Å². The van der Waals surface area contributed by atoms with E-state index in [4.69, 9.17) is 11.5 Å². The second-order valence-electron chi connectivity index (χ2n) is 6.75. The molecule has 0 unspecified atom stereocenters. The Balaban J connectivity index is 0.00000140. The Labute approximate surface area is 176 Å². The summed E-state index contributed by atoms with van der Waals surface area (Å²) in [6.07, 6.45) is 2.81. The van der Waals surface area contributed by atoms with Crippen molar-refractivity contribution < 1.29 is 8.42 Å². The van der Waals surface area contributed by atoms with Crippen LogP contribution in [-0.2, 0) is 16.6 Å². The number of nitrogen functional groups attached to an aromatic ring is 1. The molecular formula is C17H24Cl2N6O2S. The summed E-state index contributed by atoms with van der Waals surface area (Å²) in [6.45, 7) is 1.20. The van der Waals surface area contributed by atoms with Gasteiger partial charge in [-0.15, -0.1) is 24.8 Å². The van der Waals surface area contributed by atoms with Gasteiger partial charge in [-0.3, -0.25) is 0 Å². The quantitative estimate of drug-likeness (QED) is 0.632. The Morgan fingerprint density at radius 2 is 1.93 bits per heavy atom. The van der Waals surface area contributed by atoms with Crippen molar-refractivity contribution in [1.29, 1.82) is 0 Å². The van der Waals surface area contributed by atoms with Crippen LogP contribution in [0.5, 0.6) is 0 Å². The number of fused-ring (bicyclic) bond motifs is 5. The van der Waals surface area contributed by atoms with Crippen molar-refractivity contribution in [2.75, 3.05) is 25.1 Å². The maximum Gasteiger partial charge on any atom is 0.211 e. The molecule has 0 aliphatic carbocycles. The lowest BCUT2D eigenvalue weighted by atomic mass is 10.1. The third-order valence-electron chi connectivity index (χ3n) is 4.93. The lowest BCUT2D eigenvalue weighted by molar-refractivity contribution is 0.272. The third kappa shape index (κ3) is 3.77. The molecule has 2 aromatic heterocycles. The van der Waals surface area contributed by atoms with Gasteiger partial charge in [-0.25, -0.2) is 18.4 Å². The molecule has 1 atom stereocenters. The van der Waals surface area contributed by atoms with Gasteiger partial charge >= 0.3 is 0 Å². The van der Waals surface area contributed by atoms with E-state index in [0.29, 0.717) is 30.2 Å². The summed E-state index contributed by atoms with van der Waals surface area (Å²) in [5, 5.41) is 0.973. The van der Waals surface area contributed by atoms with E-state index in [0.717, 1.165) is 29.3 Å². The number of anilines is 1. The molecule has 11 heteroatoms. The summed E-state index contributed by atoms with van der Waals surface area (Å²) in [6, 6.07) is 7.77. The molecule has 0 radical (unpaired) electrons. The zero-order chi connectivity index (χ0) is 18.5. The van der Waals surface area contributed by atoms with Gasteiger partial charge in [-0.2, -0.15) is 4.31 Å². The van der Waals surface area contributed by atoms with Crippen molar-refractivity contribution in [3.63, 3.8) is 0 Å². The topological polar surface area (TPSA) is 120 Å². The van der Waals surface area contributed by atoms with Crippen LogP contribution >= 0.6 is 24.8 Å². The zero-order valence-corrected chi connectivity index (χ0v) is 17.9. The molecule has 1 aliphatic heterocycles. The number of para-hydroxylation sites is 1. The molecule has 0 bridgehead atoms. The first kappa shape index (κ1) is 22.6. The molecule has 4 N–H and O–H groups in total. The first-order valence-corrected chi connectivity index (χ1v) is 10.4. The van der Waals surface area contributed by atoms with Crippen LogP contribution in [0.3, 0.4) is 0 Å². The predicted molar refractivity (Wildman–Crippen MR) is 117 cm³/mol. The highest BCUT2D eigenvalue weighted by atomic mass is 35.5. The number of nitrogens with zero attached hydrogens (tertiary/aromatic N) is 4. The lowest BCUT2D eigenvalue weighted by Crippen LogP contribution is -2.40. The molecule has 1 aliphatic rings. The Bertz CT molecular complexity index is 1100. The molecule has 1 aromatic carbocycles. The number of pyridine rings is 1. The van der Waals surface area contributed by atoms with Crippen molar-refractivity contribution in [2.24, 2.45) is 5.73 Å². The van der Waals surface area contributed by atoms with Crippen molar-refractivity contribution in [3.05, 3.63) is 30.1 Å². The number of nitrogens with two attached hydrogens (primary N) is 2. The van der Waals surface area contributed by atoms with Gasteiger partial charge in [0.15, 0.2) is 5.82 Å². The number of benzene rings is 1. The average molecular weight is 447 g/mol. The molecule has 28 heavy (non-hydrogen) atoms. The highest BCUT2D eigenvalue weighted by molar-refractivity contribution is 7.88. The van der Waals surface area contributed by atoms with Gasteiger partial charge in [0.25, 0.3) is 0 Å². The summed E-state index contributed by atoms with van der Waals surface area (Å²) < 4.78 is 27.9. The minimum atomic E-state index is -3.31. The number of hydrogen-bond acceptors (Lipinski definition) is 6. The minimum Gasteiger partial charge on any atom is -0.382 e. The largest absolute Gasteiger partial charge is 0.382 e. The Hall–Kier alpha value is -1.65. The Morgan fingerprint density at radius 3 is 2.61 bits per heavy atom. The standard InChI is InChI=1S/C17H22N6O2S.2ClH/c1-26(24,25)22-9-11(5-4-8-18)23-14(10-22)21-15-16(23)12-6-2-3-7-13(12)20-17(15)19;;/h2-3,6-7,11H,4-5,8-10,18H2,1H3,(H2,19,20);2*1H/t11-;;/m0../s1. The van der Waals surface area contributed by atoms with Gasteiger partial charge < -0.3 is 16.0 Å². The summed E-state index contributed by atoms with van der Waals surface area (Å²) >= 11 is 0. The fourth-order valence-corrected chi connectivity index (χ4v) is 4.53. The molecule has 0 saturated carbocycles. The summed E-state index contributed by atoms with van der Waals surface area (Å²) in [5.74, 6) is 1.06. The average Bonchev–Trinajstić information content (AvgIpc) is 2.99. The second-order valence-corrected chi connectivity index (χ2v) is 8.73. The summed E-state index contributed by atoms with van der Waals surface area (Å²) in [4.78, 5) is 9.12. The minimum absolute atomic E-state index is 0. The van der Waals surface area contributed by atoms with Crippen LogP contribution in [0.25, 0.3) is 21.9 Å². The molecule has 0 spiro atoms. The summed E-state index contributed by atoms with van der Waals surface area (Å²) in [7, 11) is -3.31. The first-order valence-electron chi connectivity index (χ1n) is 8.60. The SMILES string of the molecule is CS(=O)(=O)N1Cc2nc3c(N)nc4ccccc4c3n2[C@@H](CCCN)C1.Cl.Cl. The number of hydrogen-bond donors (Lipinski definition) is 2. The van der Waals surface area contributed by atoms with E-state index in [9.17, 15) is 8.42 Å². The lowest BCUT2D eigenvalue weighted by Gasteiger charge is -2.33. The number of rotatable bonds is 4. The van der Waals surface area contributed by atoms with Crippen LogP contribution < -0.4 is 11.5 Å². The molecule has 0 fully saturated rings. The van der Waals surface area contributed by atoms with Gasteiger partial charge in [-0.1, -0.05) is 18.2 Å². The van der Waals surface area contributed by atoms with E-state index in [1.165, 1.54) is 10.6 Å². The van der Waals surface area contributed by atoms with Gasteiger partial charge in [0.1, 0.15) is 11.3 Å². The molecular weight excluding hydrogens is 423 g/mol. The highest BCUT2D eigenvalue weighted by Crippen LogP contribution is 2.35. The van der Waals surface area contributed by atoms with Gasteiger partial charge in [0.05, 0.1) is 23.8 Å². The number of sulfonamides is 1. The van der Waals surface area contributed by atoms with Gasteiger partial charge in [0, 0.05) is 18.0 Å². The van der Waals surface area contributed by atoms with Gasteiger partial charge in [-0.05, 0) is 25.5 Å². The normalized spacial score (nSPS) is 17.1. The molecule has 0 amide bonds. The van der Waals surface area contributed by atoms with Crippen LogP contribution in [0, 0.1) is 0 Å². The first-order chi connectivity index (χ1) is 12.4. The van der Waals surface area contributed by atoms with Crippen LogP contribution in [0.15, 0.2) is 24.3 Å². The maximum atomic E-state index is 12.1.